The summed E-state index contributed by atoms with van der Waals surface area (Å²) in [6.45, 7) is 9.71. The summed E-state index contributed by atoms with van der Waals surface area (Å²) in [5.41, 5.74) is 1.45. The molecule has 2 N–H and O–H groups in total. The maximum atomic E-state index is 14.1. The molecule has 2 aromatic rings. The number of carbonyl (C=O) groups excluding carboxylic acids is 3. The van der Waals surface area contributed by atoms with Crippen LogP contribution in [0, 0.1) is 6.92 Å². The Morgan fingerprint density at radius 2 is 1.59 bits per heavy atom. The summed E-state index contributed by atoms with van der Waals surface area (Å²) in [5, 5.41) is 5.65. The quantitative estimate of drug-likeness (QED) is 0.160. The maximum absolute atomic E-state index is 14.1. The molecule has 0 aliphatic carbocycles. The van der Waals surface area contributed by atoms with Crippen LogP contribution in [0.15, 0.2) is 48.5 Å². The number of anilines is 1. The predicted molar refractivity (Wildman–Crippen MR) is 168 cm³/mol. The minimum atomic E-state index is -0.978. The summed E-state index contributed by atoms with van der Waals surface area (Å²) in [4.78, 5) is 42.3. The van der Waals surface area contributed by atoms with Crippen molar-refractivity contribution in [3.05, 3.63) is 59.7 Å². The summed E-state index contributed by atoms with van der Waals surface area (Å²) in [6, 6.07) is 12.7. The van der Waals surface area contributed by atoms with E-state index in [0.717, 1.165) is 37.7 Å². The van der Waals surface area contributed by atoms with Gasteiger partial charge in [0, 0.05) is 18.0 Å². The van der Waals surface area contributed by atoms with Crippen molar-refractivity contribution in [3.63, 3.8) is 0 Å². The molecular formula is C32H47N3O5S. The van der Waals surface area contributed by atoms with Crippen LogP contribution in [0.25, 0.3) is 0 Å². The highest BCUT2D eigenvalue weighted by molar-refractivity contribution is 7.80. The van der Waals surface area contributed by atoms with Crippen LogP contribution < -0.4 is 15.4 Å². The maximum Gasteiger partial charge on any atom is 0.408 e. The van der Waals surface area contributed by atoms with Crippen molar-refractivity contribution in [2.24, 2.45) is 0 Å². The number of unbranched alkanes of at least 4 members (excludes halogenated alkanes) is 5. The van der Waals surface area contributed by atoms with E-state index in [1.54, 1.807) is 57.0 Å². The molecule has 2 rings (SSSR count). The highest BCUT2D eigenvalue weighted by atomic mass is 32.1. The molecule has 41 heavy (non-hydrogen) atoms. The molecule has 0 aliphatic heterocycles. The van der Waals surface area contributed by atoms with Crippen molar-refractivity contribution < 1.29 is 23.9 Å². The van der Waals surface area contributed by atoms with Gasteiger partial charge in [0.05, 0.1) is 7.11 Å². The summed E-state index contributed by atoms with van der Waals surface area (Å²) >= 11 is 4.38. The average Bonchev–Trinajstić information content (AvgIpc) is 2.92. The molecule has 9 heteroatoms. The Balaban J connectivity index is 2.44. The van der Waals surface area contributed by atoms with E-state index in [-0.39, 0.29) is 11.7 Å². The van der Waals surface area contributed by atoms with Crippen LogP contribution in [0.1, 0.15) is 83.4 Å². The van der Waals surface area contributed by atoms with Gasteiger partial charge in [0.2, 0.25) is 5.91 Å². The number of carbonyl (C=O) groups is 3. The Morgan fingerprint density at radius 3 is 2.17 bits per heavy atom. The largest absolute Gasteiger partial charge is 0.497 e. The van der Waals surface area contributed by atoms with Gasteiger partial charge in [0.1, 0.15) is 23.4 Å². The predicted octanol–water partition coefficient (Wildman–Crippen LogP) is 6.70. The highest BCUT2D eigenvalue weighted by Gasteiger charge is 2.36. The van der Waals surface area contributed by atoms with Crippen LogP contribution in [0.5, 0.6) is 5.75 Å². The number of methoxy groups -OCH3 is 1. The molecule has 0 fully saturated rings. The number of ether oxygens (including phenoxy) is 2. The summed E-state index contributed by atoms with van der Waals surface area (Å²) < 4.78 is 10.6. The van der Waals surface area contributed by atoms with Crippen molar-refractivity contribution in [1.29, 1.82) is 0 Å². The van der Waals surface area contributed by atoms with Crippen LogP contribution in [0.4, 0.5) is 10.5 Å². The second-order valence-electron chi connectivity index (χ2n) is 11.2. The molecule has 8 nitrogen and oxygen atoms in total. The van der Waals surface area contributed by atoms with E-state index in [9.17, 15) is 14.4 Å². The first kappa shape index (κ1) is 34.0. The van der Waals surface area contributed by atoms with E-state index in [1.165, 1.54) is 6.42 Å². The summed E-state index contributed by atoms with van der Waals surface area (Å²) in [5.74, 6) is -0.0224. The first-order chi connectivity index (χ1) is 19.5. The highest BCUT2D eigenvalue weighted by Crippen LogP contribution is 2.28. The minimum absolute atomic E-state index is 0.0473. The fourth-order valence-electron chi connectivity index (χ4n) is 4.49. The van der Waals surface area contributed by atoms with Gasteiger partial charge < -0.3 is 25.0 Å². The Bertz CT molecular complexity index is 1120. The van der Waals surface area contributed by atoms with E-state index in [4.69, 9.17) is 9.47 Å². The normalized spacial score (nSPS) is 12.7. The van der Waals surface area contributed by atoms with Gasteiger partial charge in [-0.3, -0.25) is 9.59 Å². The fraction of sp³-hybridized carbons (Fsp3) is 0.531. The monoisotopic (exact) mass is 585 g/mol. The zero-order valence-corrected chi connectivity index (χ0v) is 26.3. The van der Waals surface area contributed by atoms with Crippen LogP contribution in [0.2, 0.25) is 0 Å². The number of nitrogens with zero attached hydrogens (tertiary/aromatic N) is 1. The lowest BCUT2D eigenvalue weighted by Crippen LogP contribution is -2.53. The Hall–Kier alpha value is -3.20. The van der Waals surface area contributed by atoms with Crippen LogP contribution in [0.3, 0.4) is 0 Å². The molecule has 0 bridgehead atoms. The van der Waals surface area contributed by atoms with Crippen LogP contribution in [-0.4, -0.2) is 53.9 Å². The molecule has 0 aliphatic rings. The second-order valence-corrected chi connectivity index (χ2v) is 11.5. The molecule has 0 heterocycles. The lowest BCUT2D eigenvalue weighted by molar-refractivity contribution is -0.140. The first-order valence-corrected chi connectivity index (χ1v) is 15.0. The lowest BCUT2D eigenvalue weighted by Gasteiger charge is -2.35. The molecule has 226 valence electrons. The average molecular weight is 586 g/mol. The number of thiol groups is 1. The van der Waals surface area contributed by atoms with Crippen LogP contribution >= 0.6 is 12.6 Å². The van der Waals surface area contributed by atoms with E-state index in [0.29, 0.717) is 23.5 Å². The number of amides is 3. The van der Waals surface area contributed by atoms with E-state index >= 15 is 0 Å². The number of benzene rings is 2. The van der Waals surface area contributed by atoms with Crippen molar-refractivity contribution in [2.75, 3.05) is 24.7 Å². The topological polar surface area (TPSA) is 97.0 Å². The molecule has 0 radical (unpaired) electrons. The van der Waals surface area contributed by atoms with Gasteiger partial charge in [0.25, 0.3) is 5.91 Å². The number of aryl methyl sites for hydroxylation is 1. The molecule has 0 saturated heterocycles. The minimum Gasteiger partial charge on any atom is -0.497 e. The van der Waals surface area contributed by atoms with Gasteiger partial charge in [-0.15, -0.1) is 0 Å². The van der Waals surface area contributed by atoms with Crippen molar-refractivity contribution in [1.82, 2.24) is 10.2 Å². The molecule has 2 atom stereocenters. The number of nitrogens with one attached hydrogen (secondary N) is 2. The van der Waals surface area contributed by atoms with Crippen molar-refractivity contribution in [3.8, 4) is 5.75 Å². The molecule has 0 saturated carbocycles. The standard InChI is InChI=1S/C32H47N3O5S/c1-7-8-9-10-11-14-21-35(30(37)27(22-41)34-31(38)40-32(3,4)5)28(26-16-13-12-15-23(26)2)29(36)33-24-17-19-25(39-6)20-18-24/h12-13,15-20,27-28,41H,7-11,14,21-22H2,1-6H3,(H,33,36)(H,34,38). The number of alkyl carbamates (subject to hydrolysis) is 1. The Labute approximate surface area is 251 Å². The van der Waals surface area contributed by atoms with Crippen molar-refractivity contribution in [2.45, 2.75) is 90.8 Å². The molecule has 0 aromatic heterocycles. The zero-order valence-electron chi connectivity index (χ0n) is 25.4. The smallest absolute Gasteiger partial charge is 0.408 e. The number of hydrogen-bond donors (Lipinski definition) is 3. The van der Waals surface area contributed by atoms with Gasteiger partial charge >= 0.3 is 6.09 Å². The SMILES string of the molecule is CCCCCCCCN(C(=O)C(CS)NC(=O)OC(C)(C)C)C(C(=O)Nc1ccc(OC)cc1)c1ccccc1C. The van der Waals surface area contributed by atoms with Crippen LogP contribution in [-0.2, 0) is 14.3 Å². The fourth-order valence-corrected chi connectivity index (χ4v) is 4.74. The third kappa shape index (κ3) is 11.3. The lowest BCUT2D eigenvalue weighted by atomic mass is 9.97. The van der Waals surface area contributed by atoms with Crippen molar-refractivity contribution >= 4 is 36.2 Å². The van der Waals surface area contributed by atoms with E-state index in [2.05, 4.69) is 30.2 Å². The Kier molecular flexibility index (Phi) is 14.0. The molecule has 2 unspecified atom stereocenters. The summed E-state index contributed by atoms with van der Waals surface area (Å²) in [7, 11) is 1.58. The van der Waals surface area contributed by atoms with Gasteiger partial charge in [-0.1, -0.05) is 63.3 Å². The van der Waals surface area contributed by atoms with Gasteiger partial charge in [0.15, 0.2) is 0 Å². The van der Waals surface area contributed by atoms with E-state index < -0.39 is 29.7 Å². The molecular weight excluding hydrogens is 538 g/mol. The third-order valence-corrected chi connectivity index (χ3v) is 6.97. The zero-order chi connectivity index (χ0) is 30.4. The Morgan fingerprint density at radius 1 is 0.951 bits per heavy atom. The summed E-state index contributed by atoms with van der Waals surface area (Å²) in [6.07, 6.45) is 5.43. The number of rotatable bonds is 15. The number of hydrogen-bond acceptors (Lipinski definition) is 6. The first-order valence-electron chi connectivity index (χ1n) is 14.4. The van der Waals surface area contributed by atoms with E-state index in [1.807, 2.05) is 31.2 Å². The molecule has 0 spiro atoms. The molecule has 2 aromatic carbocycles. The van der Waals surface area contributed by atoms with Gasteiger partial charge in [-0.25, -0.2) is 4.79 Å². The van der Waals surface area contributed by atoms with Gasteiger partial charge in [-0.05, 0) is 69.5 Å². The third-order valence-electron chi connectivity index (χ3n) is 6.61. The van der Waals surface area contributed by atoms with Gasteiger partial charge in [-0.2, -0.15) is 12.6 Å². The molecule has 3 amide bonds. The second kappa shape index (κ2) is 16.9.